The lowest BCUT2D eigenvalue weighted by Gasteiger charge is -2.20. The van der Waals surface area contributed by atoms with E-state index in [0.717, 1.165) is 5.69 Å². The Morgan fingerprint density at radius 3 is 2.90 bits per heavy atom. The summed E-state index contributed by atoms with van der Waals surface area (Å²) < 4.78 is 5.21. The minimum absolute atomic E-state index is 0.0134. The van der Waals surface area contributed by atoms with Crippen LogP contribution in [0.3, 0.4) is 0 Å². The fourth-order valence-corrected chi connectivity index (χ4v) is 2.64. The number of benzene rings is 1. The Morgan fingerprint density at radius 1 is 1.35 bits per heavy atom. The number of ether oxygens (including phenoxy) is 1. The first-order valence-corrected chi connectivity index (χ1v) is 7.17. The predicted octanol–water partition coefficient (Wildman–Crippen LogP) is 3.50. The van der Waals surface area contributed by atoms with Crippen molar-refractivity contribution in [3.63, 3.8) is 0 Å². The van der Waals surface area contributed by atoms with E-state index in [2.05, 4.69) is 5.32 Å². The highest BCUT2D eigenvalue weighted by molar-refractivity contribution is 5.91. The molecule has 1 aliphatic carbocycles. The zero-order valence-electron chi connectivity index (χ0n) is 11.6. The molecule has 1 aliphatic rings. The van der Waals surface area contributed by atoms with E-state index in [1.807, 2.05) is 18.2 Å². The van der Waals surface area contributed by atoms with Gasteiger partial charge in [0.05, 0.1) is 0 Å². The number of hydrogen-bond donors (Lipinski definition) is 1. The van der Waals surface area contributed by atoms with Crippen LogP contribution in [-0.2, 0) is 4.79 Å². The third kappa shape index (κ3) is 4.58. The van der Waals surface area contributed by atoms with E-state index in [-0.39, 0.29) is 12.5 Å². The molecular weight excluding hydrogens is 252 g/mol. The van der Waals surface area contributed by atoms with Crippen molar-refractivity contribution in [1.82, 2.24) is 0 Å². The summed E-state index contributed by atoms with van der Waals surface area (Å²) in [6.45, 7) is 0.0134. The number of amides is 1. The molecule has 0 aromatic heterocycles. The molecular formula is C16H20N2O2. The summed E-state index contributed by atoms with van der Waals surface area (Å²) in [5.74, 6) is 1.19. The van der Waals surface area contributed by atoms with E-state index in [0.29, 0.717) is 18.1 Å². The number of nitriles is 1. The van der Waals surface area contributed by atoms with Crippen molar-refractivity contribution in [3.8, 4) is 11.8 Å². The largest absolute Gasteiger partial charge is 0.479 e. The molecule has 106 valence electrons. The van der Waals surface area contributed by atoms with Crippen LogP contribution < -0.4 is 10.1 Å². The van der Waals surface area contributed by atoms with Gasteiger partial charge in [-0.3, -0.25) is 4.79 Å². The molecule has 4 heteroatoms. The molecule has 1 N–H and O–H groups in total. The van der Waals surface area contributed by atoms with Gasteiger partial charge in [-0.25, -0.2) is 0 Å². The summed E-state index contributed by atoms with van der Waals surface area (Å²) in [5, 5.41) is 11.4. The molecule has 0 unspecified atom stereocenters. The molecule has 1 fully saturated rings. The standard InChI is InChI=1S/C16H20N2O2/c17-9-10-20-15-8-4-7-14(12-15)18-16(19)11-13-5-2-1-3-6-13/h4,7-8,12-13H,1-3,5-6,10-11H2,(H,18,19). The summed E-state index contributed by atoms with van der Waals surface area (Å²) in [6, 6.07) is 9.08. The van der Waals surface area contributed by atoms with Crippen molar-refractivity contribution in [2.75, 3.05) is 11.9 Å². The quantitative estimate of drug-likeness (QED) is 0.892. The van der Waals surface area contributed by atoms with Crippen molar-refractivity contribution >= 4 is 11.6 Å². The van der Waals surface area contributed by atoms with Gasteiger partial charge in [-0.1, -0.05) is 25.3 Å². The third-order valence-electron chi connectivity index (χ3n) is 3.62. The van der Waals surface area contributed by atoms with Crippen LogP contribution in [0, 0.1) is 17.2 Å². The summed E-state index contributed by atoms with van der Waals surface area (Å²) in [7, 11) is 0. The highest BCUT2D eigenvalue weighted by Gasteiger charge is 2.17. The van der Waals surface area contributed by atoms with Gasteiger partial charge < -0.3 is 10.1 Å². The van der Waals surface area contributed by atoms with Crippen LogP contribution in [0.5, 0.6) is 5.75 Å². The smallest absolute Gasteiger partial charge is 0.224 e. The summed E-state index contributed by atoms with van der Waals surface area (Å²) >= 11 is 0. The maximum atomic E-state index is 12.0. The Balaban J connectivity index is 1.85. The molecule has 1 aromatic carbocycles. The average Bonchev–Trinajstić information content (AvgIpc) is 2.46. The summed E-state index contributed by atoms with van der Waals surface area (Å²) in [4.78, 5) is 12.0. The van der Waals surface area contributed by atoms with Crippen LogP contribution >= 0.6 is 0 Å². The van der Waals surface area contributed by atoms with E-state index in [1.54, 1.807) is 12.1 Å². The molecule has 4 nitrogen and oxygen atoms in total. The van der Waals surface area contributed by atoms with E-state index in [4.69, 9.17) is 10.00 Å². The summed E-state index contributed by atoms with van der Waals surface area (Å²) in [5.41, 5.74) is 0.723. The number of carbonyl (C=O) groups is 1. The Hall–Kier alpha value is -2.02. The second kappa shape index (κ2) is 7.54. The van der Waals surface area contributed by atoms with Crippen LogP contribution in [0.25, 0.3) is 0 Å². The SMILES string of the molecule is N#CCOc1cccc(NC(=O)CC2CCCCC2)c1. The zero-order chi connectivity index (χ0) is 14.2. The lowest BCUT2D eigenvalue weighted by molar-refractivity contribution is -0.117. The number of anilines is 1. The van der Waals surface area contributed by atoms with Gasteiger partial charge >= 0.3 is 0 Å². The first-order valence-electron chi connectivity index (χ1n) is 7.17. The van der Waals surface area contributed by atoms with Gasteiger partial charge in [0.25, 0.3) is 0 Å². The number of carbonyl (C=O) groups excluding carboxylic acids is 1. The Kier molecular flexibility index (Phi) is 5.43. The Labute approximate surface area is 119 Å². The first kappa shape index (κ1) is 14.4. The number of nitrogens with zero attached hydrogens (tertiary/aromatic N) is 1. The second-order valence-electron chi connectivity index (χ2n) is 5.23. The van der Waals surface area contributed by atoms with Crippen LogP contribution in [0.2, 0.25) is 0 Å². The predicted molar refractivity (Wildman–Crippen MR) is 77.4 cm³/mol. The summed E-state index contributed by atoms with van der Waals surface area (Å²) in [6.07, 6.45) is 6.72. The van der Waals surface area contributed by atoms with Gasteiger partial charge in [0.2, 0.25) is 5.91 Å². The molecule has 0 bridgehead atoms. The molecule has 2 rings (SSSR count). The highest BCUT2D eigenvalue weighted by Crippen LogP contribution is 2.26. The van der Waals surface area contributed by atoms with Gasteiger partial charge in [-0.2, -0.15) is 5.26 Å². The maximum Gasteiger partial charge on any atom is 0.224 e. The Morgan fingerprint density at radius 2 is 2.15 bits per heavy atom. The maximum absolute atomic E-state index is 12.0. The lowest BCUT2D eigenvalue weighted by Crippen LogP contribution is -2.18. The van der Waals surface area contributed by atoms with Crippen molar-refractivity contribution in [2.24, 2.45) is 5.92 Å². The zero-order valence-corrected chi connectivity index (χ0v) is 11.6. The van der Waals surface area contributed by atoms with Gasteiger partial charge in [-0.15, -0.1) is 0 Å². The van der Waals surface area contributed by atoms with E-state index < -0.39 is 0 Å². The molecule has 1 aromatic rings. The molecule has 1 saturated carbocycles. The highest BCUT2D eigenvalue weighted by atomic mass is 16.5. The fourth-order valence-electron chi connectivity index (χ4n) is 2.64. The monoisotopic (exact) mass is 272 g/mol. The lowest BCUT2D eigenvalue weighted by atomic mass is 9.87. The van der Waals surface area contributed by atoms with Crippen molar-refractivity contribution in [2.45, 2.75) is 38.5 Å². The normalized spacial score (nSPS) is 15.3. The molecule has 0 radical (unpaired) electrons. The molecule has 0 atom stereocenters. The van der Waals surface area contributed by atoms with E-state index >= 15 is 0 Å². The van der Waals surface area contributed by atoms with E-state index in [1.165, 1.54) is 32.1 Å². The van der Waals surface area contributed by atoms with Crippen molar-refractivity contribution in [3.05, 3.63) is 24.3 Å². The van der Waals surface area contributed by atoms with E-state index in [9.17, 15) is 4.79 Å². The van der Waals surface area contributed by atoms with Crippen molar-refractivity contribution in [1.29, 1.82) is 5.26 Å². The van der Waals surface area contributed by atoms with Crippen LogP contribution in [0.15, 0.2) is 24.3 Å². The van der Waals surface area contributed by atoms with Crippen LogP contribution in [-0.4, -0.2) is 12.5 Å². The van der Waals surface area contributed by atoms with Crippen molar-refractivity contribution < 1.29 is 9.53 Å². The molecule has 1 amide bonds. The molecule has 0 heterocycles. The minimum Gasteiger partial charge on any atom is -0.479 e. The molecule has 0 saturated heterocycles. The number of hydrogen-bond acceptors (Lipinski definition) is 3. The third-order valence-corrected chi connectivity index (χ3v) is 3.62. The van der Waals surface area contributed by atoms with Gasteiger partial charge in [0.15, 0.2) is 6.61 Å². The van der Waals surface area contributed by atoms with Crippen LogP contribution in [0.4, 0.5) is 5.69 Å². The average molecular weight is 272 g/mol. The fraction of sp³-hybridized carbons (Fsp3) is 0.500. The number of nitrogens with one attached hydrogen (secondary N) is 1. The second-order valence-corrected chi connectivity index (χ2v) is 5.23. The first-order chi connectivity index (χ1) is 9.78. The molecule has 0 aliphatic heterocycles. The minimum atomic E-state index is 0.0134. The van der Waals surface area contributed by atoms with Gasteiger partial charge in [0.1, 0.15) is 11.8 Å². The molecule has 20 heavy (non-hydrogen) atoms. The van der Waals surface area contributed by atoms with Gasteiger partial charge in [-0.05, 0) is 30.9 Å². The van der Waals surface area contributed by atoms with Crippen LogP contribution in [0.1, 0.15) is 38.5 Å². The topological polar surface area (TPSA) is 62.1 Å². The van der Waals surface area contributed by atoms with Gasteiger partial charge in [0, 0.05) is 18.2 Å². The Bertz CT molecular complexity index is 487. The molecule has 0 spiro atoms. The number of rotatable bonds is 5.